The largest absolute Gasteiger partial charge is 0.394 e. The SMILES string of the molecule is CCC(C#N)C(=O)N[C@H](CC)CO. The van der Waals surface area contributed by atoms with Crippen LogP contribution in [0.1, 0.15) is 26.7 Å². The van der Waals surface area contributed by atoms with E-state index >= 15 is 0 Å². The standard InChI is InChI=1S/C9H16N2O2/c1-3-7(5-10)9(13)11-8(4-2)6-12/h7-8,12H,3-4,6H2,1-2H3,(H,11,13)/t7?,8-/m1/s1. The molecule has 74 valence electrons. The molecule has 0 saturated carbocycles. The van der Waals surface area contributed by atoms with E-state index in [-0.39, 0.29) is 18.6 Å². The van der Waals surface area contributed by atoms with E-state index in [1.165, 1.54) is 0 Å². The fourth-order valence-electron chi connectivity index (χ4n) is 0.914. The molecular formula is C9H16N2O2. The molecule has 4 nitrogen and oxygen atoms in total. The first-order chi connectivity index (χ1) is 6.19. The van der Waals surface area contributed by atoms with Crippen LogP contribution in [0.25, 0.3) is 0 Å². The van der Waals surface area contributed by atoms with Crippen LogP contribution < -0.4 is 5.32 Å². The first-order valence-electron chi connectivity index (χ1n) is 4.50. The Labute approximate surface area is 78.6 Å². The topological polar surface area (TPSA) is 73.1 Å². The van der Waals surface area contributed by atoms with Crippen molar-refractivity contribution in [3.63, 3.8) is 0 Å². The van der Waals surface area contributed by atoms with Gasteiger partial charge in [-0.15, -0.1) is 0 Å². The van der Waals surface area contributed by atoms with Gasteiger partial charge in [0.15, 0.2) is 0 Å². The van der Waals surface area contributed by atoms with Crippen molar-refractivity contribution in [2.45, 2.75) is 32.7 Å². The third-order valence-electron chi connectivity index (χ3n) is 1.94. The third-order valence-corrected chi connectivity index (χ3v) is 1.94. The van der Waals surface area contributed by atoms with Gasteiger partial charge >= 0.3 is 0 Å². The van der Waals surface area contributed by atoms with Crippen molar-refractivity contribution < 1.29 is 9.90 Å². The monoisotopic (exact) mass is 184 g/mol. The van der Waals surface area contributed by atoms with Gasteiger partial charge in [0, 0.05) is 0 Å². The summed E-state index contributed by atoms with van der Waals surface area (Å²) in [6.07, 6.45) is 1.17. The number of carbonyl (C=O) groups is 1. The fourth-order valence-corrected chi connectivity index (χ4v) is 0.914. The Balaban J connectivity index is 4.05. The van der Waals surface area contributed by atoms with Crippen molar-refractivity contribution in [1.82, 2.24) is 5.32 Å². The first-order valence-corrected chi connectivity index (χ1v) is 4.50. The summed E-state index contributed by atoms with van der Waals surface area (Å²) in [7, 11) is 0. The van der Waals surface area contributed by atoms with E-state index in [4.69, 9.17) is 10.4 Å². The zero-order valence-electron chi connectivity index (χ0n) is 8.08. The summed E-state index contributed by atoms with van der Waals surface area (Å²) in [4.78, 5) is 11.3. The van der Waals surface area contributed by atoms with Crippen LogP contribution >= 0.6 is 0 Å². The van der Waals surface area contributed by atoms with Crippen LogP contribution in [0.4, 0.5) is 0 Å². The lowest BCUT2D eigenvalue weighted by atomic mass is 10.1. The summed E-state index contributed by atoms with van der Waals surface area (Å²) < 4.78 is 0. The van der Waals surface area contributed by atoms with Crippen molar-refractivity contribution >= 4 is 5.91 Å². The molecule has 0 radical (unpaired) electrons. The molecule has 13 heavy (non-hydrogen) atoms. The average Bonchev–Trinajstić information content (AvgIpc) is 2.16. The summed E-state index contributed by atoms with van der Waals surface area (Å²) in [5.41, 5.74) is 0. The molecule has 0 aliphatic heterocycles. The van der Waals surface area contributed by atoms with Gasteiger partial charge in [0.2, 0.25) is 5.91 Å². The van der Waals surface area contributed by atoms with Crippen LogP contribution in [0.15, 0.2) is 0 Å². The number of nitrogens with one attached hydrogen (secondary N) is 1. The molecule has 1 unspecified atom stereocenters. The molecule has 0 aliphatic rings. The van der Waals surface area contributed by atoms with E-state index < -0.39 is 5.92 Å². The zero-order valence-corrected chi connectivity index (χ0v) is 8.08. The quantitative estimate of drug-likeness (QED) is 0.650. The molecule has 0 spiro atoms. The zero-order chi connectivity index (χ0) is 10.3. The molecule has 0 heterocycles. The van der Waals surface area contributed by atoms with Gasteiger partial charge in [0.1, 0.15) is 5.92 Å². The van der Waals surface area contributed by atoms with Gasteiger partial charge in [0.05, 0.1) is 18.7 Å². The molecule has 2 atom stereocenters. The number of hydrogen-bond donors (Lipinski definition) is 2. The maximum absolute atomic E-state index is 11.3. The molecule has 0 fully saturated rings. The van der Waals surface area contributed by atoms with Crippen molar-refractivity contribution in [2.75, 3.05) is 6.61 Å². The summed E-state index contributed by atoms with van der Waals surface area (Å²) in [5.74, 6) is -0.883. The predicted molar refractivity (Wildman–Crippen MR) is 48.7 cm³/mol. The van der Waals surface area contributed by atoms with Gasteiger partial charge in [0.25, 0.3) is 0 Å². The van der Waals surface area contributed by atoms with Gasteiger partial charge in [-0.3, -0.25) is 4.79 Å². The molecule has 0 rings (SSSR count). The number of aliphatic hydroxyl groups excluding tert-OH is 1. The van der Waals surface area contributed by atoms with Crippen LogP contribution in [-0.2, 0) is 4.79 Å². The molecular weight excluding hydrogens is 168 g/mol. The molecule has 0 saturated heterocycles. The number of amides is 1. The molecule has 0 bridgehead atoms. The van der Waals surface area contributed by atoms with E-state index in [1.807, 2.05) is 13.0 Å². The highest BCUT2D eigenvalue weighted by molar-refractivity contribution is 5.81. The van der Waals surface area contributed by atoms with Crippen LogP contribution in [-0.4, -0.2) is 23.7 Å². The number of nitriles is 1. The lowest BCUT2D eigenvalue weighted by Crippen LogP contribution is -2.40. The minimum Gasteiger partial charge on any atom is -0.394 e. The Kier molecular flexibility index (Phi) is 5.90. The fraction of sp³-hybridized carbons (Fsp3) is 0.778. The van der Waals surface area contributed by atoms with E-state index in [0.29, 0.717) is 12.8 Å². The predicted octanol–water partition coefficient (Wildman–Crippen LogP) is 0.423. The minimum atomic E-state index is -0.597. The Bertz CT molecular complexity index is 194. The highest BCUT2D eigenvalue weighted by Gasteiger charge is 2.17. The lowest BCUT2D eigenvalue weighted by molar-refractivity contribution is -0.124. The van der Waals surface area contributed by atoms with E-state index in [0.717, 1.165) is 0 Å². The summed E-state index contributed by atoms with van der Waals surface area (Å²) >= 11 is 0. The molecule has 4 heteroatoms. The van der Waals surface area contributed by atoms with Crippen molar-refractivity contribution in [3.8, 4) is 6.07 Å². The first kappa shape index (κ1) is 11.9. The molecule has 1 amide bonds. The molecule has 0 aromatic rings. The maximum atomic E-state index is 11.3. The van der Waals surface area contributed by atoms with Crippen LogP contribution in [0, 0.1) is 17.2 Å². The van der Waals surface area contributed by atoms with Gasteiger partial charge in [-0.05, 0) is 12.8 Å². The number of nitrogens with zero attached hydrogens (tertiary/aromatic N) is 1. The smallest absolute Gasteiger partial charge is 0.237 e. The molecule has 0 aliphatic carbocycles. The lowest BCUT2D eigenvalue weighted by Gasteiger charge is -2.15. The number of rotatable bonds is 5. The minimum absolute atomic E-state index is 0.0793. The summed E-state index contributed by atoms with van der Waals surface area (Å²) in [6, 6.07) is 1.68. The third kappa shape index (κ3) is 3.90. The Morgan fingerprint density at radius 2 is 2.15 bits per heavy atom. The average molecular weight is 184 g/mol. The van der Waals surface area contributed by atoms with Crippen molar-refractivity contribution in [1.29, 1.82) is 5.26 Å². The van der Waals surface area contributed by atoms with Crippen LogP contribution in [0.5, 0.6) is 0 Å². The van der Waals surface area contributed by atoms with E-state index in [2.05, 4.69) is 5.32 Å². The summed E-state index contributed by atoms with van der Waals surface area (Å²) in [6.45, 7) is 3.58. The van der Waals surface area contributed by atoms with Crippen molar-refractivity contribution in [2.24, 2.45) is 5.92 Å². The highest BCUT2D eigenvalue weighted by Crippen LogP contribution is 2.01. The molecule has 0 aromatic carbocycles. The second-order valence-corrected chi connectivity index (χ2v) is 2.89. The Hall–Kier alpha value is -1.08. The molecule has 0 aromatic heterocycles. The van der Waals surface area contributed by atoms with Crippen LogP contribution in [0.2, 0.25) is 0 Å². The normalized spacial score (nSPS) is 14.3. The molecule has 2 N–H and O–H groups in total. The van der Waals surface area contributed by atoms with E-state index in [1.54, 1.807) is 6.92 Å². The highest BCUT2D eigenvalue weighted by atomic mass is 16.3. The Morgan fingerprint density at radius 3 is 2.46 bits per heavy atom. The van der Waals surface area contributed by atoms with Gasteiger partial charge in [-0.25, -0.2) is 0 Å². The maximum Gasteiger partial charge on any atom is 0.237 e. The van der Waals surface area contributed by atoms with E-state index in [9.17, 15) is 4.79 Å². The second kappa shape index (κ2) is 6.44. The number of hydrogen-bond acceptors (Lipinski definition) is 3. The Morgan fingerprint density at radius 1 is 1.54 bits per heavy atom. The number of carbonyl (C=O) groups excluding carboxylic acids is 1. The van der Waals surface area contributed by atoms with Gasteiger partial charge < -0.3 is 10.4 Å². The number of aliphatic hydroxyl groups is 1. The van der Waals surface area contributed by atoms with Crippen LogP contribution in [0.3, 0.4) is 0 Å². The van der Waals surface area contributed by atoms with Gasteiger partial charge in [-0.1, -0.05) is 13.8 Å². The summed E-state index contributed by atoms with van der Waals surface area (Å²) in [5, 5.41) is 20.0. The van der Waals surface area contributed by atoms with Crippen molar-refractivity contribution in [3.05, 3.63) is 0 Å². The van der Waals surface area contributed by atoms with Gasteiger partial charge in [-0.2, -0.15) is 5.26 Å². The second-order valence-electron chi connectivity index (χ2n) is 2.89.